The number of aryl methyl sites for hydroxylation is 1. The van der Waals surface area contributed by atoms with Crippen molar-refractivity contribution < 1.29 is 42.1 Å². The maximum absolute atomic E-state index is 12.8. The number of unbranched alkanes of at least 4 members (excludes halogenated alkanes) is 1. The molecule has 282 valence electrons. The summed E-state index contributed by atoms with van der Waals surface area (Å²) in [5.41, 5.74) is 5.04. The molecule has 0 aromatic heterocycles. The van der Waals surface area contributed by atoms with Gasteiger partial charge in [0.15, 0.2) is 5.96 Å². The molecule has 52 heavy (non-hydrogen) atoms. The van der Waals surface area contributed by atoms with Crippen molar-refractivity contribution in [3.8, 4) is 16.9 Å². The van der Waals surface area contributed by atoms with E-state index in [0.717, 1.165) is 80.0 Å². The molecule has 0 radical (unpaired) electrons. The summed E-state index contributed by atoms with van der Waals surface area (Å²) >= 11 is 0. The first kappa shape index (κ1) is 41.5. The van der Waals surface area contributed by atoms with Crippen LogP contribution in [0.2, 0.25) is 0 Å². The van der Waals surface area contributed by atoms with Gasteiger partial charge in [-0.1, -0.05) is 67.9 Å². The van der Waals surface area contributed by atoms with Crippen LogP contribution in [0.3, 0.4) is 0 Å². The fraction of sp³-hybridized carbons (Fsp3) is 0.421. The Balaban J connectivity index is 0.000000944. The van der Waals surface area contributed by atoms with Crippen molar-refractivity contribution in [2.75, 3.05) is 53.0 Å². The Hall–Kier alpha value is -4.95. The first-order chi connectivity index (χ1) is 24.9. The highest BCUT2D eigenvalue weighted by molar-refractivity contribution is 5.95. The molecule has 3 aromatic carbocycles. The molecule has 1 heterocycles. The average molecular weight is 728 g/mol. The second kappa shape index (κ2) is 21.4. The van der Waals surface area contributed by atoms with Crippen molar-refractivity contribution in [2.45, 2.75) is 51.7 Å². The number of halogens is 3. The van der Waals surface area contributed by atoms with Crippen LogP contribution in [0, 0.1) is 5.41 Å². The number of nitrogens with one attached hydrogen (secondary N) is 3. The molecule has 0 bridgehead atoms. The molecule has 0 unspecified atom stereocenters. The number of carbonyl (C=O) groups is 3. The van der Waals surface area contributed by atoms with E-state index < -0.39 is 12.1 Å². The number of methoxy groups -OCH3 is 1. The molecule has 3 aromatic rings. The van der Waals surface area contributed by atoms with E-state index >= 15 is 0 Å². The number of hydrogen-bond donors (Lipinski definition) is 4. The first-order valence-electron chi connectivity index (χ1n) is 17.2. The molecule has 11 nitrogen and oxygen atoms in total. The van der Waals surface area contributed by atoms with Gasteiger partial charge >= 0.3 is 12.1 Å². The zero-order valence-electron chi connectivity index (χ0n) is 29.6. The molecule has 1 aliphatic rings. The molecule has 0 atom stereocenters. The monoisotopic (exact) mass is 727 g/mol. The summed E-state index contributed by atoms with van der Waals surface area (Å²) in [5, 5.41) is 20.6. The SMILES string of the molecule is CCCCNC(=N)NC(=O)CCc1ccc(-c2ccc(CN3CCN(C(=O)c4ccccc4)CC3)cc2)c(OCCCOC)c1.O=C(O)C(F)(F)F. The molecule has 1 saturated heterocycles. The maximum Gasteiger partial charge on any atom is 0.490 e. The minimum Gasteiger partial charge on any atom is -0.493 e. The molecule has 1 aliphatic heterocycles. The number of nitrogens with zero attached hydrogens (tertiary/aromatic N) is 2. The van der Waals surface area contributed by atoms with Crippen molar-refractivity contribution in [1.82, 2.24) is 20.4 Å². The molecule has 0 spiro atoms. The molecular formula is C38H48F3N5O6. The van der Waals surface area contributed by atoms with E-state index in [4.69, 9.17) is 24.8 Å². The second-order valence-electron chi connectivity index (χ2n) is 12.2. The van der Waals surface area contributed by atoms with E-state index in [1.807, 2.05) is 47.4 Å². The summed E-state index contributed by atoms with van der Waals surface area (Å²) in [7, 11) is 1.68. The Morgan fingerprint density at radius 1 is 0.904 bits per heavy atom. The Morgan fingerprint density at radius 2 is 1.56 bits per heavy atom. The summed E-state index contributed by atoms with van der Waals surface area (Å²) in [6.07, 6.45) is -1.49. The standard InChI is InChI=1S/C36H47N5O4.C2HF3O2/c1-3-4-19-38-36(37)39-34(42)18-14-28-13-17-32(33(26-28)45-25-8-24-44-2)30-15-11-29(12-16-30)27-40-20-22-41(23-21-40)35(43)31-9-6-5-7-10-31;3-2(4,5)1(6)7/h5-7,9-13,15-17,26H,3-4,8,14,18-25,27H2,1-2H3,(H3,37,38,39,42);(H,6,7). The van der Waals surface area contributed by atoms with Crippen molar-refractivity contribution in [3.63, 3.8) is 0 Å². The highest BCUT2D eigenvalue weighted by Gasteiger charge is 2.38. The Labute approximate surface area is 302 Å². The number of amides is 2. The highest BCUT2D eigenvalue weighted by atomic mass is 19.4. The number of carbonyl (C=O) groups excluding carboxylic acids is 2. The van der Waals surface area contributed by atoms with Crippen LogP contribution in [0.25, 0.3) is 11.1 Å². The number of carboxylic acids is 1. The van der Waals surface area contributed by atoms with Gasteiger partial charge in [-0.25, -0.2) is 4.79 Å². The average Bonchev–Trinajstić information content (AvgIpc) is 3.13. The van der Waals surface area contributed by atoms with Gasteiger partial charge in [0.2, 0.25) is 5.91 Å². The smallest absolute Gasteiger partial charge is 0.490 e. The largest absolute Gasteiger partial charge is 0.493 e. The maximum atomic E-state index is 12.8. The fourth-order valence-corrected chi connectivity index (χ4v) is 5.28. The van der Waals surface area contributed by atoms with Gasteiger partial charge in [-0.2, -0.15) is 13.2 Å². The van der Waals surface area contributed by atoms with E-state index in [9.17, 15) is 22.8 Å². The van der Waals surface area contributed by atoms with Crippen LogP contribution in [-0.2, 0) is 27.3 Å². The Kier molecular flexibility index (Phi) is 17.1. The van der Waals surface area contributed by atoms with Gasteiger partial charge in [0.25, 0.3) is 5.91 Å². The summed E-state index contributed by atoms with van der Waals surface area (Å²) in [6, 6.07) is 24.2. The number of carboxylic acid groups (broad SMARTS) is 1. The number of ether oxygens (including phenoxy) is 2. The summed E-state index contributed by atoms with van der Waals surface area (Å²) in [4.78, 5) is 38.4. The quantitative estimate of drug-likeness (QED) is 0.0883. The molecular weight excluding hydrogens is 679 g/mol. The Bertz CT molecular complexity index is 1580. The highest BCUT2D eigenvalue weighted by Crippen LogP contribution is 2.32. The number of hydrogen-bond acceptors (Lipinski definition) is 7. The fourth-order valence-electron chi connectivity index (χ4n) is 5.28. The van der Waals surface area contributed by atoms with Crippen molar-refractivity contribution in [2.24, 2.45) is 0 Å². The lowest BCUT2D eigenvalue weighted by molar-refractivity contribution is -0.192. The number of guanidine groups is 1. The van der Waals surface area contributed by atoms with Gasteiger partial charge in [0.05, 0.1) is 6.61 Å². The van der Waals surface area contributed by atoms with E-state index in [-0.39, 0.29) is 24.2 Å². The minimum absolute atomic E-state index is 0.0508. The predicted octanol–water partition coefficient (Wildman–Crippen LogP) is 5.73. The topological polar surface area (TPSA) is 144 Å². The van der Waals surface area contributed by atoms with Gasteiger partial charge in [-0.3, -0.25) is 25.2 Å². The second-order valence-corrected chi connectivity index (χ2v) is 12.2. The number of benzene rings is 3. The third-order valence-electron chi connectivity index (χ3n) is 8.13. The zero-order chi connectivity index (χ0) is 37.9. The van der Waals surface area contributed by atoms with Crippen molar-refractivity contribution in [3.05, 3.63) is 89.5 Å². The normalized spacial score (nSPS) is 13.1. The van der Waals surface area contributed by atoms with Crippen molar-refractivity contribution in [1.29, 1.82) is 5.41 Å². The molecule has 4 rings (SSSR count). The third-order valence-corrected chi connectivity index (χ3v) is 8.13. The van der Waals surface area contributed by atoms with E-state index in [2.05, 4.69) is 52.8 Å². The third kappa shape index (κ3) is 14.3. The van der Waals surface area contributed by atoms with Crippen LogP contribution in [-0.4, -0.2) is 97.9 Å². The number of aliphatic carboxylic acids is 1. The van der Waals surface area contributed by atoms with Gasteiger partial charge in [-0.05, 0) is 47.7 Å². The lowest BCUT2D eigenvalue weighted by atomic mass is 9.99. The van der Waals surface area contributed by atoms with Crippen LogP contribution in [0.4, 0.5) is 13.2 Å². The molecule has 14 heteroatoms. The van der Waals surface area contributed by atoms with Gasteiger partial charge in [0, 0.05) is 77.0 Å². The predicted molar refractivity (Wildman–Crippen MR) is 192 cm³/mol. The summed E-state index contributed by atoms with van der Waals surface area (Å²) < 4.78 is 43.1. The van der Waals surface area contributed by atoms with Gasteiger partial charge in [-0.15, -0.1) is 0 Å². The van der Waals surface area contributed by atoms with Crippen molar-refractivity contribution >= 4 is 23.7 Å². The van der Waals surface area contributed by atoms with Crippen LogP contribution in [0.5, 0.6) is 5.75 Å². The van der Waals surface area contributed by atoms with Crippen LogP contribution in [0.15, 0.2) is 72.8 Å². The Morgan fingerprint density at radius 3 is 2.17 bits per heavy atom. The van der Waals surface area contributed by atoms with E-state index in [1.165, 1.54) is 5.56 Å². The molecule has 4 N–H and O–H groups in total. The first-order valence-corrected chi connectivity index (χ1v) is 17.2. The summed E-state index contributed by atoms with van der Waals surface area (Å²) in [5.74, 6) is -2.01. The van der Waals surface area contributed by atoms with Gasteiger partial charge < -0.3 is 24.8 Å². The lowest BCUT2D eigenvalue weighted by Crippen LogP contribution is -2.48. The zero-order valence-corrected chi connectivity index (χ0v) is 29.6. The molecule has 1 fully saturated rings. The van der Waals surface area contributed by atoms with Gasteiger partial charge in [0.1, 0.15) is 5.75 Å². The summed E-state index contributed by atoms with van der Waals surface area (Å²) in [6.45, 7) is 7.88. The molecule has 2 amide bonds. The molecule has 0 aliphatic carbocycles. The van der Waals surface area contributed by atoms with E-state index in [0.29, 0.717) is 26.2 Å². The number of rotatable bonds is 15. The van der Waals surface area contributed by atoms with E-state index in [1.54, 1.807) is 7.11 Å². The number of alkyl halides is 3. The molecule has 0 saturated carbocycles. The van der Waals surface area contributed by atoms with Crippen LogP contribution < -0.4 is 15.4 Å². The minimum atomic E-state index is -5.08. The lowest BCUT2D eigenvalue weighted by Gasteiger charge is -2.34. The van der Waals surface area contributed by atoms with Crippen LogP contribution in [0.1, 0.15) is 54.1 Å². The van der Waals surface area contributed by atoms with Crippen LogP contribution >= 0.6 is 0 Å². The number of piperazine rings is 1.